The summed E-state index contributed by atoms with van der Waals surface area (Å²) < 4.78 is 14.1. The molecule has 1 N–H and O–H groups in total. The number of ether oxygens (including phenoxy) is 2. The van der Waals surface area contributed by atoms with Crippen LogP contribution in [0.4, 0.5) is 11.6 Å². The maximum atomic E-state index is 13.1. The number of nitrogens with zero attached hydrogens (tertiary/aromatic N) is 10. The molecule has 1 saturated carbocycles. The average molecular weight is 961 g/mol. The van der Waals surface area contributed by atoms with E-state index in [0.29, 0.717) is 46.6 Å². The summed E-state index contributed by atoms with van der Waals surface area (Å²) in [4.78, 5) is 42.3. The van der Waals surface area contributed by atoms with Crippen LogP contribution in [0.3, 0.4) is 0 Å². The Bertz CT molecular complexity index is 2920. The van der Waals surface area contributed by atoms with Crippen molar-refractivity contribution >= 4 is 45.8 Å². The van der Waals surface area contributed by atoms with Crippen molar-refractivity contribution in [3.05, 3.63) is 107 Å². The van der Waals surface area contributed by atoms with Crippen LogP contribution in [0, 0.1) is 16.7 Å². The molecule has 4 aromatic heterocycles. The number of rotatable bonds is 9. The van der Waals surface area contributed by atoms with Crippen LogP contribution >= 0.6 is 11.6 Å². The van der Waals surface area contributed by atoms with Crippen molar-refractivity contribution in [1.82, 2.24) is 40.2 Å². The summed E-state index contributed by atoms with van der Waals surface area (Å²) in [6.07, 6.45) is 14.3. The van der Waals surface area contributed by atoms with Crippen LogP contribution in [0.2, 0.25) is 5.02 Å². The second-order valence-corrected chi connectivity index (χ2v) is 20.2. The van der Waals surface area contributed by atoms with Crippen molar-refractivity contribution < 1.29 is 19.1 Å². The summed E-state index contributed by atoms with van der Waals surface area (Å²) in [5.41, 5.74) is 7.28. The number of halogens is 1. The van der Waals surface area contributed by atoms with E-state index in [-0.39, 0.29) is 24.0 Å². The number of fused-ring (bicyclic) bond motifs is 2. The molecule has 1 spiro atoms. The number of benzene rings is 2. The van der Waals surface area contributed by atoms with Gasteiger partial charge in [-0.2, -0.15) is 10.4 Å². The van der Waals surface area contributed by atoms with Gasteiger partial charge in [0, 0.05) is 118 Å². The van der Waals surface area contributed by atoms with Gasteiger partial charge in [0.25, 0.3) is 5.91 Å². The topological polar surface area (TPSA) is 168 Å². The minimum absolute atomic E-state index is 0.0292. The van der Waals surface area contributed by atoms with Crippen LogP contribution in [-0.2, 0) is 22.5 Å². The lowest BCUT2D eigenvalue weighted by molar-refractivity contribution is -0.129. The van der Waals surface area contributed by atoms with Gasteiger partial charge >= 0.3 is 0 Å². The lowest BCUT2D eigenvalue weighted by Crippen LogP contribution is -2.47. The monoisotopic (exact) mass is 959 g/mol. The number of nitriles is 1. The number of anilines is 2. The first-order valence-electron chi connectivity index (χ1n) is 25.0. The molecule has 16 heteroatoms. The third kappa shape index (κ3) is 9.39. The molecule has 0 radical (unpaired) electrons. The lowest BCUT2D eigenvalue weighted by atomic mass is 9.71. The molecule has 4 fully saturated rings. The summed E-state index contributed by atoms with van der Waals surface area (Å²) in [7, 11) is 0. The number of pyridine rings is 2. The van der Waals surface area contributed by atoms with Crippen LogP contribution in [0.5, 0.6) is 5.75 Å². The van der Waals surface area contributed by atoms with Gasteiger partial charge in [0.2, 0.25) is 5.91 Å². The summed E-state index contributed by atoms with van der Waals surface area (Å²) in [5, 5.41) is 28.9. The van der Waals surface area contributed by atoms with Gasteiger partial charge in [-0.3, -0.25) is 19.3 Å². The van der Waals surface area contributed by atoms with Crippen molar-refractivity contribution in [1.29, 1.82) is 5.26 Å². The Morgan fingerprint density at radius 2 is 1.60 bits per heavy atom. The fraction of sp³-hybridized carbons (Fsp3) is 0.444. The minimum Gasteiger partial charge on any atom is -0.490 e. The molecular formula is C54H58ClN11O4. The number of amides is 2. The predicted octanol–water partition coefficient (Wildman–Crippen LogP) is 8.74. The Labute approximate surface area is 413 Å². The second kappa shape index (κ2) is 19.6. The highest BCUT2D eigenvalue weighted by atomic mass is 35.5. The molecule has 8 heterocycles. The first-order chi connectivity index (χ1) is 34.2. The van der Waals surface area contributed by atoms with Crippen LogP contribution in [-0.4, -0.2) is 105 Å². The normalized spacial score (nSPS) is 20.5. The van der Waals surface area contributed by atoms with Crippen molar-refractivity contribution in [3.63, 3.8) is 0 Å². The molecule has 15 nitrogen and oxygen atoms in total. The van der Waals surface area contributed by atoms with Gasteiger partial charge in [-0.15, -0.1) is 10.2 Å². The highest BCUT2D eigenvalue weighted by Crippen LogP contribution is 2.43. The molecule has 0 unspecified atom stereocenters. The van der Waals surface area contributed by atoms with Gasteiger partial charge < -0.3 is 29.5 Å². The Kier molecular flexibility index (Phi) is 12.8. The number of hydrogen-bond acceptors (Lipinski definition) is 12. The molecule has 4 aliphatic heterocycles. The summed E-state index contributed by atoms with van der Waals surface area (Å²) in [6, 6.07) is 24.1. The maximum Gasteiger partial charge on any atom is 0.272 e. The highest BCUT2D eigenvalue weighted by Gasteiger charge is 2.38. The Balaban J connectivity index is 0.671. The molecule has 1 aliphatic carbocycles. The van der Waals surface area contributed by atoms with Crippen molar-refractivity contribution in [2.75, 3.05) is 55.7 Å². The molecular weight excluding hydrogens is 902 g/mol. The molecule has 70 heavy (non-hydrogen) atoms. The second-order valence-electron chi connectivity index (χ2n) is 19.8. The van der Waals surface area contributed by atoms with Gasteiger partial charge in [0.1, 0.15) is 17.6 Å². The average Bonchev–Trinajstić information content (AvgIpc) is 3.78. The molecule has 360 valence electrons. The van der Waals surface area contributed by atoms with E-state index in [4.69, 9.17) is 41.4 Å². The molecule has 5 aliphatic rings. The standard InChI is InChI=1S/C54H58ClN11O4/c1-35(67)65-22-15-49-45(34-65)52(62-66(49)40-16-27-69-28-17-40)43-4-2-3-36-29-48(57-33-44(36)43)38-6-13-50(58-32-38)63-23-18-54(19-24-63)20-25-64(26-21-54)51-14-12-47(60-61-51)53(68)59-39-7-10-41(11-8-39)70-42-9-5-37(31-56)46(55)30-42/h2-6,9,12-14,29-30,32-33,39-41H,7-8,10-11,15-28,34H2,1H3,(H,59,68). The van der Waals surface area contributed by atoms with Crippen LogP contribution in [0.15, 0.2) is 79.1 Å². The first-order valence-corrected chi connectivity index (χ1v) is 25.4. The maximum absolute atomic E-state index is 13.1. The number of piperidine rings is 2. The molecule has 6 aromatic rings. The first kappa shape index (κ1) is 45.8. The van der Waals surface area contributed by atoms with Crippen molar-refractivity contribution in [2.24, 2.45) is 5.41 Å². The van der Waals surface area contributed by atoms with Crippen LogP contribution in [0.1, 0.15) is 104 Å². The van der Waals surface area contributed by atoms with E-state index in [1.807, 2.05) is 23.4 Å². The molecule has 0 atom stereocenters. The van der Waals surface area contributed by atoms with E-state index in [2.05, 4.69) is 72.5 Å². The zero-order valence-corrected chi connectivity index (χ0v) is 40.4. The van der Waals surface area contributed by atoms with Crippen molar-refractivity contribution in [2.45, 2.75) is 102 Å². The lowest BCUT2D eigenvalue weighted by Gasteiger charge is -2.47. The molecule has 3 saturated heterocycles. The fourth-order valence-electron chi connectivity index (χ4n) is 11.4. The summed E-state index contributed by atoms with van der Waals surface area (Å²) in [6.45, 7) is 8.16. The predicted molar refractivity (Wildman–Crippen MR) is 268 cm³/mol. The van der Waals surface area contributed by atoms with Crippen molar-refractivity contribution in [3.8, 4) is 34.3 Å². The van der Waals surface area contributed by atoms with Gasteiger partial charge in [0.15, 0.2) is 11.5 Å². The smallest absolute Gasteiger partial charge is 0.272 e. The quantitative estimate of drug-likeness (QED) is 0.147. The van der Waals surface area contributed by atoms with Gasteiger partial charge in [0.05, 0.1) is 34.1 Å². The zero-order chi connectivity index (χ0) is 47.8. The third-order valence-corrected chi connectivity index (χ3v) is 16.0. The molecule has 2 amide bonds. The Hall–Kier alpha value is -6.63. The third-order valence-electron chi connectivity index (χ3n) is 15.7. The zero-order valence-electron chi connectivity index (χ0n) is 39.7. The number of carbonyl (C=O) groups excluding carboxylic acids is 2. The molecule has 2 aromatic carbocycles. The van der Waals surface area contributed by atoms with E-state index < -0.39 is 0 Å². The molecule has 0 bridgehead atoms. The van der Waals surface area contributed by atoms with E-state index in [9.17, 15) is 9.59 Å². The number of hydrogen-bond donors (Lipinski definition) is 1. The van der Waals surface area contributed by atoms with E-state index >= 15 is 0 Å². The van der Waals surface area contributed by atoms with E-state index in [1.54, 1.807) is 31.2 Å². The Morgan fingerprint density at radius 3 is 2.29 bits per heavy atom. The summed E-state index contributed by atoms with van der Waals surface area (Å²) >= 11 is 6.18. The minimum atomic E-state index is -0.204. The van der Waals surface area contributed by atoms with E-state index in [0.717, 1.165) is 161 Å². The van der Waals surface area contributed by atoms with Gasteiger partial charge in [-0.25, -0.2) is 4.98 Å². The van der Waals surface area contributed by atoms with Gasteiger partial charge in [-0.1, -0.05) is 29.8 Å². The van der Waals surface area contributed by atoms with E-state index in [1.165, 1.54) is 5.69 Å². The van der Waals surface area contributed by atoms with Crippen LogP contribution < -0.4 is 19.9 Å². The number of aromatic nitrogens is 6. The fourth-order valence-corrected chi connectivity index (χ4v) is 11.6. The highest BCUT2D eigenvalue weighted by molar-refractivity contribution is 6.31. The Morgan fingerprint density at radius 1 is 0.843 bits per heavy atom. The molecule has 11 rings (SSSR count). The summed E-state index contributed by atoms with van der Waals surface area (Å²) in [5.74, 6) is 2.35. The number of carbonyl (C=O) groups is 2. The van der Waals surface area contributed by atoms with Gasteiger partial charge in [-0.05, 0) is 117 Å². The number of nitrogens with one attached hydrogen (secondary N) is 1. The largest absolute Gasteiger partial charge is 0.490 e. The SMILES string of the molecule is CC(=O)N1CCc2c(c(-c3cccc4cc(-c5ccc(N6CCC7(CC6)CCN(c6ccc(C(=O)NC8CCC(Oc9ccc(C#N)c(Cl)c9)CC8)nn6)CC7)nc5)ncc34)nn2C2CCOCC2)C1. The van der Waals surface area contributed by atoms with Crippen LogP contribution in [0.25, 0.3) is 33.3 Å².